The first kappa shape index (κ1) is 40.7. The lowest BCUT2D eigenvalue weighted by Crippen LogP contribution is -2.55. The van der Waals surface area contributed by atoms with Gasteiger partial charge in [-0.15, -0.1) is 18.3 Å². The Bertz CT molecular complexity index is 875. The number of hydrogen-bond acceptors (Lipinski definition) is 8. The van der Waals surface area contributed by atoms with E-state index in [1.807, 2.05) is 40.7 Å². The molecule has 12 heteroatoms. The van der Waals surface area contributed by atoms with Gasteiger partial charge in [0.05, 0.1) is 6.42 Å². The van der Waals surface area contributed by atoms with E-state index >= 15 is 0 Å². The van der Waals surface area contributed by atoms with E-state index in [2.05, 4.69) is 40.5 Å². The number of esters is 1. The van der Waals surface area contributed by atoms with E-state index in [1.54, 1.807) is 39.5 Å². The van der Waals surface area contributed by atoms with Crippen molar-refractivity contribution < 1.29 is 28.7 Å². The molecule has 1 aliphatic rings. The molecule has 10 nitrogen and oxygen atoms in total. The van der Waals surface area contributed by atoms with Crippen LogP contribution in [0.5, 0.6) is 0 Å². The molecule has 0 aromatic rings. The lowest BCUT2D eigenvalue weighted by atomic mass is 10.0. The van der Waals surface area contributed by atoms with Gasteiger partial charge in [0.25, 0.3) is 0 Å². The molecule has 4 atom stereocenters. The molecule has 0 radical (unpaired) electrons. The van der Waals surface area contributed by atoms with Crippen molar-refractivity contribution in [3.8, 4) is 0 Å². The number of ether oxygens (including phenoxy) is 1. The standard InChI is InChI=1S/C23H38N4O6S.C4H8S.C2H6/c1-12(2)18-15(7)34-10-16(21(30)27-18)25-22(31)19(13(3)4)26-17(29)8-9-33-23(32)20(14(5)6)24-11-28;1-2-3-4-5;1-2/h11,13-16,19-20H,8-10H2,1-7H3,(H,24,28)(H,25,31)(H,26,29)(H,27,30);2,5H,1,3-4H2;1-2H3/t15?,16-,19-,20?;;/m1../s1. The van der Waals surface area contributed by atoms with Gasteiger partial charge in [0.15, 0.2) is 0 Å². The molecular weight excluding hydrogens is 564 g/mol. The summed E-state index contributed by atoms with van der Waals surface area (Å²) < 4.78 is 5.10. The molecule has 236 valence electrons. The van der Waals surface area contributed by atoms with Gasteiger partial charge in [0, 0.05) is 16.7 Å². The minimum Gasteiger partial charge on any atom is -0.464 e. The third-order valence-electron chi connectivity index (χ3n) is 5.69. The number of hydrogen-bond donors (Lipinski definition) is 5. The zero-order valence-electron chi connectivity index (χ0n) is 26.2. The van der Waals surface area contributed by atoms with Crippen LogP contribution in [0.3, 0.4) is 0 Å². The normalized spacial score (nSPS) is 17.7. The van der Waals surface area contributed by atoms with Gasteiger partial charge < -0.3 is 26.0 Å². The van der Waals surface area contributed by atoms with Gasteiger partial charge in [0.2, 0.25) is 24.1 Å². The second-order valence-corrected chi connectivity index (χ2v) is 11.8. The van der Waals surface area contributed by atoms with Gasteiger partial charge in [0.1, 0.15) is 24.7 Å². The molecule has 4 N–H and O–H groups in total. The topological polar surface area (TPSA) is 143 Å². The fourth-order valence-electron chi connectivity index (χ4n) is 3.43. The molecular formula is C29H52N4O6S2. The van der Waals surface area contributed by atoms with Crippen molar-refractivity contribution >= 4 is 54.5 Å². The second kappa shape index (κ2) is 23.1. The first-order valence-corrected chi connectivity index (χ1v) is 15.8. The highest BCUT2D eigenvalue weighted by Crippen LogP contribution is 2.24. The van der Waals surface area contributed by atoms with Crippen molar-refractivity contribution in [1.29, 1.82) is 0 Å². The molecule has 41 heavy (non-hydrogen) atoms. The molecule has 4 amide bonds. The maximum absolute atomic E-state index is 12.9. The zero-order chi connectivity index (χ0) is 32.1. The van der Waals surface area contributed by atoms with E-state index in [9.17, 15) is 24.0 Å². The van der Waals surface area contributed by atoms with Crippen molar-refractivity contribution in [3.63, 3.8) is 0 Å². The fraction of sp³-hybridized carbons (Fsp3) is 0.690. The molecule has 1 heterocycles. The molecule has 0 bridgehead atoms. The van der Waals surface area contributed by atoms with Crippen LogP contribution in [0.4, 0.5) is 0 Å². The number of carbonyl (C=O) groups is 5. The summed E-state index contributed by atoms with van der Waals surface area (Å²) >= 11 is 5.50. The Labute approximate surface area is 256 Å². The van der Waals surface area contributed by atoms with E-state index in [1.165, 1.54) is 0 Å². The number of allylic oxidation sites excluding steroid dienone is 2. The van der Waals surface area contributed by atoms with Crippen LogP contribution in [-0.2, 0) is 28.7 Å². The molecule has 0 spiro atoms. The number of rotatable bonds is 13. The number of carbonyl (C=O) groups excluding carboxylic acids is 5. The molecule has 1 rings (SSSR count). The second-order valence-electron chi connectivity index (χ2n) is 9.95. The minimum absolute atomic E-state index is 0.0937. The lowest BCUT2D eigenvalue weighted by Gasteiger charge is -2.24. The van der Waals surface area contributed by atoms with Crippen LogP contribution in [0.25, 0.3) is 0 Å². The van der Waals surface area contributed by atoms with Crippen LogP contribution in [-0.4, -0.2) is 71.6 Å². The summed E-state index contributed by atoms with van der Waals surface area (Å²) in [5.41, 5.74) is 1.85. The molecule has 0 saturated carbocycles. The minimum atomic E-state index is -0.857. The fourth-order valence-corrected chi connectivity index (χ4v) is 4.79. The summed E-state index contributed by atoms with van der Waals surface area (Å²) in [4.78, 5) is 60.7. The van der Waals surface area contributed by atoms with Gasteiger partial charge in [-0.2, -0.15) is 12.6 Å². The molecule has 1 fully saturated rings. The Morgan fingerprint density at radius 1 is 1.15 bits per heavy atom. The van der Waals surface area contributed by atoms with Crippen LogP contribution in [0.15, 0.2) is 23.9 Å². The van der Waals surface area contributed by atoms with Crippen molar-refractivity contribution in [2.24, 2.45) is 11.8 Å². The third kappa shape index (κ3) is 16.5. The highest BCUT2D eigenvalue weighted by Gasteiger charge is 2.32. The number of nitrogens with one attached hydrogen (secondary N) is 4. The first-order chi connectivity index (χ1) is 19.3. The maximum Gasteiger partial charge on any atom is 0.328 e. The SMILES string of the molecule is C=CCCS.CC.CC(C)=C1NC(=O)[C@H](NC(=O)[C@H](NC(=O)CCOC(=O)C(NC=O)C(C)C)C(C)C)CSC1C. The van der Waals surface area contributed by atoms with E-state index < -0.39 is 35.9 Å². The monoisotopic (exact) mass is 616 g/mol. The third-order valence-corrected chi connectivity index (χ3v) is 7.21. The Morgan fingerprint density at radius 2 is 1.73 bits per heavy atom. The predicted molar refractivity (Wildman–Crippen MR) is 171 cm³/mol. The molecule has 1 saturated heterocycles. The Hall–Kier alpha value is -2.47. The first-order valence-electron chi connectivity index (χ1n) is 14.1. The zero-order valence-corrected chi connectivity index (χ0v) is 27.9. The quantitative estimate of drug-likeness (QED) is 0.0924. The Balaban J connectivity index is 0. The van der Waals surface area contributed by atoms with E-state index in [4.69, 9.17) is 4.74 Å². The predicted octanol–water partition coefficient (Wildman–Crippen LogP) is 3.38. The van der Waals surface area contributed by atoms with Crippen molar-refractivity contribution in [2.45, 2.75) is 98.5 Å². The summed E-state index contributed by atoms with van der Waals surface area (Å²) in [7, 11) is 0. The highest BCUT2D eigenvalue weighted by atomic mass is 32.2. The van der Waals surface area contributed by atoms with Crippen molar-refractivity contribution in [2.75, 3.05) is 18.1 Å². The highest BCUT2D eigenvalue weighted by molar-refractivity contribution is 8.00. The molecule has 0 aromatic carbocycles. The van der Waals surface area contributed by atoms with Crippen LogP contribution in [0, 0.1) is 11.8 Å². The summed E-state index contributed by atoms with van der Waals surface area (Å²) in [5.74, 6) is -0.908. The van der Waals surface area contributed by atoms with Crippen molar-refractivity contribution in [1.82, 2.24) is 21.3 Å². The average molecular weight is 617 g/mol. The van der Waals surface area contributed by atoms with Crippen LogP contribution in [0.1, 0.15) is 75.2 Å². The summed E-state index contributed by atoms with van der Waals surface area (Å²) in [6.45, 7) is 20.3. The van der Waals surface area contributed by atoms with Crippen LogP contribution < -0.4 is 21.3 Å². The van der Waals surface area contributed by atoms with Gasteiger partial charge in [-0.3, -0.25) is 19.2 Å². The molecule has 1 aliphatic heterocycles. The lowest BCUT2D eigenvalue weighted by molar-refractivity contribution is -0.149. The molecule has 2 unspecified atom stereocenters. The van der Waals surface area contributed by atoms with Gasteiger partial charge in [-0.1, -0.05) is 53.2 Å². The van der Waals surface area contributed by atoms with Gasteiger partial charge in [-0.25, -0.2) is 4.79 Å². The summed E-state index contributed by atoms with van der Waals surface area (Å²) in [6, 6.07) is -2.38. The van der Waals surface area contributed by atoms with E-state index in [0.717, 1.165) is 23.4 Å². The number of amides is 4. The van der Waals surface area contributed by atoms with Crippen molar-refractivity contribution in [3.05, 3.63) is 23.9 Å². The molecule has 0 aromatic heterocycles. The Kier molecular flexibility index (Phi) is 22.9. The Morgan fingerprint density at radius 3 is 2.17 bits per heavy atom. The smallest absolute Gasteiger partial charge is 0.328 e. The summed E-state index contributed by atoms with van der Waals surface area (Å²) in [6.07, 6.45) is 3.16. The molecule has 0 aliphatic carbocycles. The number of thioether (sulfide) groups is 1. The number of thiol groups is 1. The summed E-state index contributed by atoms with van der Waals surface area (Å²) in [5, 5.41) is 10.8. The van der Waals surface area contributed by atoms with Gasteiger partial charge in [-0.05, 0) is 44.8 Å². The largest absolute Gasteiger partial charge is 0.464 e. The van der Waals surface area contributed by atoms with E-state index in [0.29, 0.717) is 12.2 Å². The average Bonchev–Trinajstić information content (AvgIpc) is 3.05. The van der Waals surface area contributed by atoms with Crippen LogP contribution >= 0.6 is 24.4 Å². The van der Waals surface area contributed by atoms with Gasteiger partial charge >= 0.3 is 5.97 Å². The maximum atomic E-state index is 12.9. The van der Waals surface area contributed by atoms with Crippen LogP contribution in [0.2, 0.25) is 0 Å². The van der Waals surface area contributed by atoms with E-state index in [-0.39, 0.29) is 36.0 Å².